The third-order valence-electron chi connectivity index (χ3n) is 14.5. The van der Waals surface area contributed by atoms with E-state index >= 15 is 0 Å². The van der Waals surface area contributed by atoms with Crippen molar-refractivity contribution in [2.24, 2.45) is 0 Å². The van der Waals surface area contributed by atoms with Gasteiger partial charge in [-0.2, -0.15) is 0 Å². The van der Waals surface area contributed by atoms with Crippen molar-refractivity contribution in [3.63, 3.8) is 0 Å². The zero-order valence-corrected chi connectivity index (χ0v) is 36.6. The quantitative estimate of drug-likeness (QED) is 0.171. The summed E-state index contributed by atoms with van der Waals surface area (Å²) >= 11 is 0. The van der Waals surface area contributed by atoms with Gasteiger partial charge in [0.15, 0.2) is 0 Å². The molecule has 0 aromatic heterocycles. The largest absolute Gasteiger partial charge is 0.310 e. The van der Waals surface area contributed by atoms with Gasteiger partial charge >= 0.3 is 0 Å². The second kappa shape index (κ2) is 13.6. The van der Waals surface area contributed by atoms with Crippen molar-refractivity contribution in [2.45, 2.75) is 50.9 Å². The summed E-state index contributed by atoms with van der Waals surface area (Å²) in [7, 11) is 0. The number of rotatable bonds is 4. The molecule has 9 aromatic rings. The summed E-state index contributed by atoms with van der Waals surface area (Å²) in [6.45, 7) is 11.8. The van der Waals surface area contributed by atoms with Gasteiger partial charge in [0.25, 0.3) is 0 Å². The minimum Gasteiger partial charge on any atom is -0.310 e. The fourth-order valence-electron chi connectivity index (χ4n) is 11.2. The molecule has 12 rings (SSSR count). The summed E-state index contributed by atoms with van der Waals surface area (Å²) in [5.41, 5.74) is 25.2. The monoisotopic (exact) mass is 807 g/mol. The molecule has 1 spiro atoms. The van der Waals surface area contributed by atoms with Crippen LogP contribution < -0.4 is 4.90 Å². The molecule has 0 atom stereocenters. The number of nitrogens with zero attached hydrogens (tertiary/aromatic N) is 1. The lowest BCUT2D eigenvalue weighted by Crippen LogP contribution is -2.30. The molecule has 3 aliphatic rings. The molecule has 0 N–H and O–H groups in total. The molecule has 0 unspecified atom stereocenters. The van der Waals surface area contributed by atoms with Crippen LogP contribution in [-0.2, 0) is 16.2 Å². The lowest BCUT2D eigenvalue weighted by molar-refractivity contribution is 0.588. The number of hydrogen-bond donors (Lipinski definition) is 0. The summed E-state index contributed by atoms with van der Waals surface area (Å²) in [6.07, 6.45) is 0. The first-order valence-corrected chi connectivity index (χ1v) is 22.4. The maximum absolute atomic E-state index is 2.52. The Morgan fingerprint density at radius 2 is 0.730 bits per heavy atom. The van der Waals surface area contributed by atoms with Crippen LogP contribution in [0, 0.1) is 0 Å². The Balaban J connectivity index is 1.01. The second-order valence-electron chi connectivity index (χ2n) is 19.3. The van der Waals surface area contributed by atoms with Crippen molar-refractivity contribution in [3.05, 3.63) is 245 Å². The molecule has 0 saturated heterocycles. The average Bonchev–Trinajstić information content (AvgIpc) is 3.79. The minimum absolute atomic E-state index is 0.0229. The molecule has 2 aliphatic carbocycles. The molecular weight excluding hydrogens is 759 g/mol. The summed E-state index contributed by atoms with van der Waals surface area (Å²) in [5.74, 6) is 0. The first-order chi connectivity index (χ1) is 30.6. The molecule has 1 nitrogen and oxygen atoms in total. The van der Waals surface area contributed by atoms with E-state index in [-0.39, 0.29) is 10.8 Å². The van der Waals surface area contributed by atoms with E-state index in [0.717, 1.165) is 5.69 Å². The molecule has 0 saturated carbocycles. The van der Waals surface area contributed by atoms with Gasteiger partial charge in [-0.1, -0.05) is 198 Å². The topological polar surface area (TPSA) is 3.24 Å². The molecular formula is C62H49N. The molecule has 1 heterocycles. The van der Waals surface area contributed by atoms with E-state index in [1.807, 2.05) is 0 Å². The van der Waals surface area contributed by atoms with Crippen LogP contribution >= 0.6 is 0 Å². The normalized spacial score (nSPS) is 14.7. The van der Waals surface area contributed by atoms with E-state index in [0.29, 0.717) is 0 Å². The minimum atomic E-state index is -0.402. The number of hydrogen-bond acceptors (Lipinski definition) is 1. The highest BCUT2D eigenvalue weighted by molar-refractivity contribution is 5.96. The van der Waals surface area contributed by atoms with Gasteiger partial charge in [-0.3, -0.25) is 0 Å². The van der Waals surface area contributed by atoms with Crippen molar-refractivity contribution in [1.82, 2.24) is 0 Å². The third-order valence-corrected chi connectivity index (χ3v) is 14.5. The zero-order valence-electron chi connectivity index (χ0n) is 36.6. The van der Waals surface area contributed by atoms with Crippen LogP contribution in [0.3, 0.4) is 0 Å². The fourth-order valence-corrected chi connectivity index (χ4v) is 11.2. The second-order valence-corrected chi connectivity index (χ2v) is 19.3. The van der Waals surface area contributed by atoms with E-state index < -0.39 is 5.41 Å². The van der Waals surface area contributed by atoms with Gasteiger partial charge < -0.3 is 4.90 Å². The summed E-state index contributed by atoms with van der Waals surface area (Å²) in [5, 5.41) is 0. The van der Waals surface area contributed by atoms with E-state index in [1.165, 1.54) is 106 Å². The van der Waals surface area contributed by atoms with Gasteiger partial charge in [-0.05, 0) is 142 Å². The molecule has 9 aromatic carbocycles. The summed E-state index contributed by atoms with van der Waals surface area (Å²) in [6, 6.07) is 77.7. The van der Waals surface area contributed by atoms with Crippen LogP contribution in [-0.4, -0.2) is 0 Å². The van der Waals surface area contributed by atoms with Crippen molar-refractivity contribution in [1.29, 1.82) is 0 Å². The number of fused-ring (bicyclic) bond motifs is 12. The Labute approximate surface area is 372 Å². The average molecular weight is 808 g/mol. The highest BCUT2D eigenvalue weighted by Gasteiger charge is 2.52. The number of anilines is 3. The van der Waals surface area contributed by atoms with E-state index in [4.69, 9.17) is 0 Å². The Kier molecular flexibility index (Phi) is 8.13. The lowest BCUT2D eigenvalue weighted by Gasteiger charge is -2.42. The molecule has 1 aliphatic heterocycles. The van der Waals surface area contributed by atoms with Gasteiger partial charge in [0, 0.05) is 11.1 Å². The first kappa shape index (κ1) is 37.5. The third kappa shape index (κ3) is 5.49. The standard InChI is InChI=1S/C62H49N/c1-60(2,3)46-29-33-51-50-32-26-43(36-54(50)62(55(51)39-46)52-22-14-12-20-48(52)49-21-13-15-23-53(49)62)42-24-30-47(31-25-42)63-58-34-27-44(40-16-8-6-9-17-40)37-56(58)61(4,5)57-38-45(28-35-59(57)63)41-18-10-7-11-19-41/h6-39H,1-5H3. The van der Waals surface area contributed by atoms with Crippen LogP contribution in [0.1, 0.15) is 73.6 Å². The molecule has 0 radical (unpaired) electrons. The highest BCUT2D eigenvalue weighted by atomic mass is 15.2. The van der Waals surface area contributed by atoms with Gasteiger partial charge in [0.1, 0.15) is 0 Å². The molecule has 1 heteroatoms. The summed E-state index contributed by atoms with van der Waals surface area (Å²) < 4.78 is 0. The predicted molar refractivity (Wildman–Crippen MR) is 265 cm³/mol. The molecule has 302 valence electrons. The van der Waals surface area contributed by atoms with Gasteiger partial charge in [0.2, 0.25) is 0 Å². The van der Waals surface area contributed by atoms with Gasteiger partial charge in [0.05, 0.1) is 16.8 Å². The van der Waals surface area contributed by atoms with E-state index in [1.54, 1.807) is 0 Å². The lowest BCUT2D eigenvalue weighted by atomic mass is 9.69. The van der Waals surface area contributed by atoms with Gasteiger partial charge in [-0.15, -0.1) is 0 Å². The van der Waals surface area contributed by atoms with E-state index in [2.05, 4.69) is 246 Å². The Hall–Kier alpha value is -7.22. The van der Waals surface area contributed by atoms with Crippen LogP contribution in [0.2, 0.25) is 0 Å². The maximum atomic E-state index is 2.52. The van der Waals surface area contributed by atoms with Crippen molar-refractivity contribution >= 4 is 17.1 Å². The molecule has 0 bridgehead atoms. The zero-order chi connectivity index (χ0) is 42.7. The molecule has 63 heavy (non-hydrogen) atoms. The molecule has 0 fully saturated rings. The fraction of sp³-hybridized carbons (Fsp3) is 0.129. The van der Waals surface area contributed by atoms with Gasteiger partial charge in [-0.25, -0.2) is 0 Å². The van der Waals surface area contributed by atoms with Crippen molar-refractivity contribution in [3.8, 4) is 55.6 Å². The van der Waals surface area contributed by atoms with Crippen LogP contribution in [0.4, 0.5) is 17.1 Å². The van der Waals surface area contributed by atoms with Crippen LogP contribution in [0.5, 0.6) is 0 Å². The van der Waals surface area contributed by atoms with Crippen LogP contribution in [0.25, 0.3) is 55.6 Å². The first-order valence-electron chi connectivity index (χ1n) is 22.4. The Morgan fingerprint density at radius 3 is 1.25 bits per heavy atom. The maximum Gasteiger partial charge on any atom is 0.0725 e. The van der Waals surface area contributed by atoms with Crippen molar-refractivity contribution < 1.29 is 0 Å². The summed E-state index contributed by atoms with van der Waals surface area (Å²) in [4.78, 5) is 2.48. The Bertz CT molecular complexity index is 3130. The predicted octanol–water partition coefficient (Wildman–Crippen LogP) is 16.4. The Morgan fingerprint density at radius 1 is 0.333 bits per heavy atom. The van der Waals surface area contributed by atoms with Crippen molar-refractivity contribution in [2.75, 3.05) is 4.90 Å². The SMILES string of the molecule is CC(C)(C)c1ccc2c(c1)C1(c3ccccc3-c3ccccc31)c1cc(-c3ccc(N4c5ccc(-c6ccccc6)cc5C(C)(C)c5cc(-c6ccccc6)ccc54)cc3)ccc1-2. The number of benzene rings is 9. The molecule has 0 amide bonds. The smallest absolute Gasteiger partial charge is 0.0725 e. The van der Waals surface area contributed by atoms with E-state index in [9.17, 15) is 0 Å². The van der Waals surface area contributed by atoms with Crippen LogP contribution in [0.15, 0.2) is 206 Å². The highest BCUT2D eigenvalue weighted by Crippen LogP contribution is 2.63.